The van der Waals surface area contributed by atoms with Gasteiger partial charge in [0.1, 0.15) is 5.69 Å². The second-order valence-electron chi connectivity index (χ2n) is 7.15. The Bertz CT molecular complexity index is 649. The molecule has 0 saturated heterocycles. The van der Waals surface area contributed by atoms with Gasteiger partial charge in [-0.05, 0) is 33.1 Å². The van der Waals surface area contributed by atoms with Gasteiger partial charge in [-0.15, -0.1) is 0 Å². The maximum atomic E-state index is 10.0. The summed E-state index contributed by atoms with van der Waals surface area (Å²) < 4.78 is 11.4. The summed E-state index contributed by atoms with van der Waals surface area (Å²) in [5.74, 6) is 6.25. The van der Waals surface area contributed by atoms with Crippen LogP contribution in [0.25, 0.3) is 0 Å². The number of nitrogens with two attached hydrogens (primary N) is 2. The molecule has 0 radical (unpaired) electrons. The van der Waals surface area contributed by atoms with Crippen LogP contribution in [-0.4, -0.2) is 63.2 Å². The third-order valence-corrected chi connectivity index (χ3v) is 5.56. The zero-order chi connectivity index (χ0) is 20.9. The molecule has 160 valence electrons. The zero-order valence-corrected chi connectivity index (χ0v) is 18.0. The molecule has 0 aromatic carbocycles. The van der Waals surface area contributed by atoms with Crippen molar-refractivity contribution in [3.05, 3.63) is 5.15 Å². The SMILES string of the molecule is CCCSc1nc(Cl)c(N)c(N(N)C2CC(OCCO)[C@@H](OC(C)(C)O)C2)n1. The zero-order valence-electron chi connectivity index (χ0n) is 16.5. The maximum Gasteiger partial charge on any atom is 0.191 e. The monoisotopic (exact) mass is 435 g/mol. The maximum absolute atomic E-state index is 10.0. The molecular formula is C17H30ClN5O4S. The average molecular weight is 436 g/mol. The first-order chi connectivity index (χ1) is 13.2. The predicted octanol–water partition coefficient (Wildman–Crippen LogP) is 1.55. The number of hydrogen-bond donors (Lipinski definition) is 4. The van der Waals surface area contributed by atoms with Gasteiger partial charge in [-0.3, -0.25) is 5.01 Å². The fraction of sp³-hybridized carbons (Fsp3) is 0.765. The van der Waals surface area contributed by atoms with Gasteiger partial charge < -0.3 is 25.4 Å². The quantitative estimate of drug-likeness (QED) is 0.107. The van der Waals surface area contributed by atoms with Crippen molar-refractivity contribution in [1.29, 1.82) is 0 Å². The highest BCUT2D eigenvalue weighted by molar-refractivity contribution is 7.99. The van der Waals surface area contributed by atoms with E-state index in [-0.39, 0.29) is 36.2 Å². The van der Waals surface area contributed by atoms with Gasteiger partial charge in [0.2, 0.25) is 0 Å². The summed E-state index contributed by atoms with van der Waals surface area (Å²) in [5.41, 5.74) is 6.29. The fourth-order valence-electron chi connectivity index (χ4n) is 3.08. The van der Waals surface area contributed by atoms with Gasteiger partial charge in [-0.1, -0.05) is 30.3 Å². The van der Waals surface area contributed by atoms with E-state index in [1.807, 2.05) is 0 Å². The van der Waals surface area contributed by atoms with Crippen molar-refractivity contribution in [2.24, 2.45) is 5.84 Å². The van der Waals surface area contributed by atoms with Crippen LogP contribution >= 0.6 is 23.4 Å². The highest BCUT2D eigenvalue weighted by Crippen LogP contribution is 2.35. The Balaban J connectivity index is 2.20. The Hall–Kier alpha value is -0.880. The van der Waals surface area contributed by atoms with Crippen LogP contribution < -0.4 is 16.6 Å². The number of hydrazine groups is 1. The van der Waals surface area contributed by atoms with Crippen LogP contribution in [0.3, 0.4) is 0 Å². The van der Waals surface area contributed by atoms with E-state index < -0.39 is 11.9 Å². The molecule has 1 aromatic heterocycles. The van der Waals surface area contributed by atoms with Crippen molar-refractivity contribution in [2.75, 3.05) is 29.7 Å². The summed E-state index contributed by atoms with van der Waals surface area (Å²) in [4.78, 5) is 8.67. The van der Waals surface area contributed by atoms with Crippen LogP contribution in [-0.2, 0) is 9.47 Å². The van der Waals surface area contributed by atoms with Gasteiger partial charge in [-0.2, -0.15) is 0 Å². The van der Waals surface area contributed by atoms with Crippen LogP contribution in [0.4, 0.5) is 11.5 Å². The van der Waals surface area contributed by atoms with Crippen molar-refractivity contribution in [2.45, 2.75) is 69.2 Å². The van der Waals surface area contributed by atoms with Gasteiger partial charge in [0.25, 0.3) is 0 Å². The van der Waals surface area contributed by atoms with Crippen LogP contribution in [0.5, 0.6) is 0 Å². The number of aromatic nitrogens is 2. The topological polar surface area (TPSA) is 140 Å². The van der Waals surface area contributed by atoms with Crippen LogP contribution in [0.15, 0.2) is 5.16 Å². The Morgan fingerprint density at radius 1 is 1.32 bits per heavy atom. The molecule has 0 spiro atoms. The molecule has 0 bridgehead atoms. The largest absolute Gasteiger partial charge is 0.394 e. The third-order valence-electron chi connectivity index (χ3n) is 4.22. The standard InChI is InChI=1S/C17H30ClN5O4S/c1-4-7-28-16-21-14(18)13(19)15(22-16)23(20)10-8-11(26-6-5-24)12(9-10)27-17(2,3)25/h10-12,24-25H,4-9,19-20H2,1-3H3/t10?,11?,12-/m0/s1. The number of thioether (sulfide) groups is 1. The summed E-state index contributed by atoms with van der Waals surface area (Å²) in [6.07, 6.45) is 1.27. The van der Waals surface area contributed by atoms with E-state index in [9.17, 15) is 5.11 Å². The number of nitrogens with zero attached hydrogens (tertiary/aromatic N) is 3. The van der Waals surface area contributed by atoms with Crippen molar-refractivity contribution >= 4 is 34.9 Å². The number of nitrogen functional groups attached to an aromatic ring is 1. The first kappa shape index (κ1) is 23.4. The minimum absolute atomic E-state index is 0.102. The Morgan fingerprint density at radius 2 is 2.00 bits per heavy atom. The molecule has 2 rings (SSSR count). The molecule has 3 atom stereocenters. The molecule has 1 fully saturated rings. The van der Waals surface area contributed by atoms with Crippen molar-refractivity contribution < 1.29 is 19.7 Å². The summed E-state index contributed by atoms with van der Waals surface area (Å²) in [7, 11) is 0. The lowest BCUT2D eigenvalue weighted by Gasteiger charge is -2.28. The molecule has 1 aliphatic carbocycles. The normalized spacial score (nSPS) is 22.6. The van der Waals surface area contributed by atoms with Gasteiger partial charge >= 0.3 is 0 Å². The Labute approximate surface area is 174 Å². The number of anilines is 2. The number of ether oxygens (including phenoxy) is 2. The molecule has 11 heteroatoms. The summed E-state index contributed by atoms with van der Waals surface area (Å²) in [6, 6.07) is -0.201. The molecule has 2 unspecified atom stereocenters. The highest BCUT2D eigenvalue weighted by atomic mass is 35.5. The van der Waals surface area contributed by atoms with E-state index in [0.717, 1.165) is 12.2 Å². The molecule has 0 aliphatic heterocycles. The molecular weight excluding hydrogens is 406 g/mol. The number of aliphatic hydroxyl groups is 2. The lowest BCUT2D eigenvalue weighted by molar-refractivity contribution is -0.224. The number of rotatable bonds is 10. The lowest BCUT2D eigenvalue weighted by Crippen LogP contribution is -2.42. The number of halogens is 1. The Kier molecular flexibility index (Phi) is 8.56. The molecule has 28 heavy (non-hydrogen) atoms. The van der Waals surface area contributed by atoms with Gasteiger partial charge in [-0.25, -0.2) is 15.8 Å². The molecule has 0 amide bonds. The van der Waals surface area contributed by atoms with Crippen LogP contribution in [0.2, 0.25) is 5.15 Å². The highest BCUT2D eigenvalue weighted by Gasteiger charge is 2.41. The first-order valence-electron chi connectivity index (χ1n) is 9.28. The van der Waals surface area contributed by atoms with E-state index in [2.05, 4.69) is 16.9 Å². The molecule has 1 aromatic rings. The lowest BCUT2D eigenvalue weighted by atomic mass is 10.2. The van der Waals surface area contributed by atoms with E-state index in [1.165, 1.54) is 16.8 Å². The smallest absolute Gasteiger partial charge is 0.191 e. The van der Waals surface area contributed by atoms with Crippen molar-refractivity contribution in [3.63, 3.8) is 0 Å². The molecule has 6 N–H and O–H groups in total. The van der Waals surface area contributed by atoms with E-state index >= 15 is 0 Å². The minimum Gasteiger partial charge on any atom is -0.394 e. The number of hydrogen-bond acceptors (Lipinski definition) is 10. The predicted molar refractivity (Wildman–Crippen MR) is 110 cm³/mol. The fourth-order valence-corrected chi connectivity index (χ4v) is 3.99. The van der Waals surface area contributed by atoms with Crippen LogP contribution in [0, 0.1) is 0 Å². The third kappa shape index (κ3) is 6.31. The van der Waals surface area contributed by atoms with Crippen molar-refractivity contribution in [3.8, 4) is 0 Å². The van der Waals surface area contributed by atoms with Crippen LogP contribution in [0.1, 0.15) is 40.0 Å². The van der Waals surface area contributed by atoms with E-state index in [0.29, 0.717) is 23.8 Å². The van der Waals surface area contributed by atoms with Gasteiger partial charge in [0.05, 0.1) is 31.5 Å². The minimum atomic E-state index is -1.32. The molecule has 1 saturated carbocycles. The number of aliphatic hydroxyl groups excluding tert-OH is 1. The Morgan fingerprint density at radius 3 is 2.61 bits per heavy atom. The van der Waals surface area contributed by atoms with Crippen molar-refractivity contribution in [1.82, 2.24) is 9.97 Å². The average Bonchev–Trinajstić information content (AvgIpc) is 3.01. The van der Waals surface area contributed by atoms with E-state index in [4.69, 9.17) is 37.8 Å². The summed E-state index contributed by atoms with van der Waals surface area (Å²) >= 11 is 7.66. The van der Waals surface area contributed by atoms with Gasteiger partial charge in [0, 0.05) is 5.75 Å². The molecule has 1 aliphatic rings. The van der Waals surface area contributed by atoms with Gasteiger partial charge in [0.15, 0.2) is 21.9 Å². The first-order valence-corrected chi connectivity index (χ1v) is 10.6. The second-order valence-corrected chi connectivity index (χ2v) is 8.57. The van der Waals surface area contributed by atoms with E-state index in [1.54, 1.807) is 13.8 Å². The molecule has 9 nitrogen and oxygen atoms in total. The molecule has 1 heterocycles. The second kappa shape index (κ2) is 10.2. The summed E-state index contributed by atoms with van der Waals surface area (Å²) in [5, 5.41) is 21.2. The summed E-state index contributed by atoms with van der Waals surface area (Å²) in [6.45, 7) is 5.25.